The molecule has 13 heteroatoms. The minimum Gasteiger partial charge on any atom is -0.356 e. The SMILES string of the molecule is Cc1sc2c(c1C)C(c1ccc(Cl)cc1)=N[C@@H](CC(=O)NCCCC(=O)Nc1ccc(C(=O)N(C)C)c(C#CCN)c1)c1nnc(C)n1-2. The number of amides is 3. The molecule has 2 aromatic carbocycles. The summed E-state index contributed by atoms with van der Waals surface area (Å²) in [7, 11) is 3.32. The topological polar surface area (TPSA) is 148 Å². The molecule has 0 spiro atoms. The zero-order valence-corrected chi connectivity index (χ0v) is 29.1. The van der Waals surface area contributed by atoms with E-state index in [4.69, 9.17) is 22.3 Å². The zero-order valence-electron chi connectivity index (χ0n) is 27.5. The third kappa shape index (κ3) is 7.49. The molecular formula is C35H37ClN8O3S. The minimum atomic E-state index is -0.585. The highest BCUT2D eigenvalue weighted by atomic mass is 35.5. The van der Waals surface area contributed by atoms with Crippen molar-refractivity contribution in [2.45, 2.75) is 46.1 Å². The van der Waals surface area contributed by atoms with Gasteiger partial charge in [0, 0.05) is 59.3 Å². The second kappa shape index (κ2) is 14.9. The van der Waals surface area contributed by atoms with Crippen molar-refractivity contribution in [2.24, 2.45) is 10.7 Å². The first kappa shape index (κ1) is 34.5. The van der Waals surface area contributed by atoms with Gasteiger partial charge >= 0.3 is 0 Å². The first-order valence-electron chi connectivity index (χ1n) is 15.5. The summed E-state index contributed by atoms with van der Waals surface area (Å²) < 4.78 is 2.00. The molecule has 1 atom stereocenters. The molecular weight excluding hydrogens is 648 g/mol. The van der Waals surface area contributed by atoms with E-state index in [1.165, 1.54) is 4.90 Å². The summed E-state index contributed by atoms with van der Waals surface area (Å²) in [5.41, 5.74) is 10.7. The van der Waals surface area contributed by atoms with Crippen molar-refractivity contribution in [3.63, 3.8) is 0 Å². The maximum Gasteiger partial charge on any atom is 0.254 e. The molecule has 4 N–H and O–H groups in total. The molecule has 2 aromatic heterocycles. The van der Waals surface area contributed by atoms with Crippen LogP contribution in [0.5, 0.6) is 0 Å². The molecule has 3 heterocycles. The number of aliphatic imine (C=N–C) groups is 1. The summed E-state index contributed by atoms with van der Waals surface area (Å²) in [6.45, 7) is 6.50. The Morgan fingerprint density at radius 2 is 1.81 bits per heavy atom. The molecule has 0 saturated heterocycles. The monoisotopic (exact) mass is 684 g/mol. The number of aromatic nitrogens is 3. The van der Waals surface area contributed by atoms with E-state index in [1.54, 1.807) is 43.6 Å². The van der Waals surface area contributed by atoms with Gasteiger partial charge in [-0.3, -0.25) is 23.9 Å². The van der Waals surface area contributed by atoms with Gasteiger partial charge in [0.15, 0.2) is 5.82 Å². The Kier molecular flexibility index (Phi) is 10.7. The summed E-state index contributed by atoms with van der Waals surface area (Å²) >= 11 is 7.85. The number of hydrogen-bond acceptors (Lipinski definition) is 8. The Bertz CT molecular complexity index is 1970. The van der Waals surface area contributed by atoms with E-state index in [0.29, 0.717) is 46.5 Å². The highest BCUT2D eigenvalue weighted by molar-refractivity contribution is 7.15. The van der Waals surface area contributed by atoms with Crippen molar-refractivity contribution >= 4 is 52.1 Å². The van der Waals surface area contributed by atoms with Crippen molar-refractivity contribution in [1.29, 1.82) is 0 Å². The Hall–Kier alpha value is -4.83. The first-order chi connectivity index (χ1) is 23.0. The molecule has 48 heavy (non-hydrogen) atoms. The number of nitrogens with two attached hydrogens (primary N) is 1. The second-order valence-electron chi connectivity index (χ2n) is 11.6. The van der Waals surface area contributed by atoms with Crippen molar-refractivity contribution in [3.8, 4) is 16.8 Å². The molecule has 1 aliphatic heterocycles. The maximum atomic E-state index is 13.2. The van der Waals surface area contributed by atoms with Crippen LogP contribution < -0.4 is 16.4 Å². The van der Waals surface area contributed by atoms with E-state index in [1.807, 2.05) is 35.8 Å². The van der Waals surface area contributed by atoms with Gasteiger partial charge < -0.3 is 21.3 Å². The standard InChI is InChI=1S/C35H37ClN8O3S/c1-20-21(2)48-35-31(20)32(23-10-12-25(36)13-11-23)40-28(33-42-41-22(3)44(33)35)19-30(46)38-17-7-9-29(45)39-26-14-15-27(34(47)43(4)5)24(18-26)8-6-16-37/h10-15,18,28H,7,9,16-17,19,37H2,1-5H3,(H,38,46)(H,39,45)/t28-/m0/s1. The molecule has 0 unspecified atom stereocenters. The van der Waals surface area contributed by atoms with Crippen LogP contribution >= 0.6 is 22.9 Å². The van der Waals surface area contributed by atoms with Gasteiger partial charge in [-0.05, 0) is 63.1 Å². The summed E-state index contributed by atoms with van der Waals surface area (Å²) in [5, 5.41) is 16.2. The minimum absolute atomic E-state index is 0.0546. The Morgan fingerprint density at radius 3 is 2.52 bits per heavy atom. The van der Waals surface area contributed by atoms with Crippen LogP contribution in [0.15, 0.2) is 47.5 Å². The van der Waals surface area contributed by atoms with Gasteiger partial charge in [-0.15, -0.1) is 21.5 Å². The first-order valence-corrected chi connectivity index (χ1v) is 16.7. The van der Waals surface area contributed by atoms with Gasteiger partial charge in [0.2, 0.25) is 11.8 Å². The van der Waals surface area contributed by atoms with Crippen LogP contribution in [0.4, 0.5) is 5.69 Å². The summed E-state index contributed by atoms with van der Waals surface area (Å²) in [6, 6.07) is 11.9. The fraction of sp³-hybridized carbons (Fsp3) is 0.314. The third-order valence-electron chi connectivity index (χ3n) is 7.90. The summed E-state index contributed by atoms with van der Waals surface area (Å²) in [4.78, 5) is 46.3. The molecule has 4 aromatic rings. The van der Waals surface area contributed by atoms with Gasteiger partial charge in [-0.1, -0.05) is 35.6 Å². The molecule has 11 nitrogen and oxygen atoms in total. The average molecular weight is 685 g/mol. The smallest absolute Gasteiger partial charge is 0.254 e. The van der Waals surface area contributed by atoms with Crippen molar-refractivity contribution in [2.75, 3.05) is 32.5 Å². The van der Waals surface area contributed by atoms with E-state index >= 15 is 0 Å². The number of fused-ring (bicyclic) bond motifs is 3. The zero-order chi connectivity index (χ0) is 34.5. The van der Waals surface area contributed by atoms with Gasteiger partial charge in [0.25, 0.3) is 5.91 Å². The summed E-state index contributed by atoms with van der Waals surface area (Å²) in [5.74, 6) is 6.35. The molecule has 1 aliphatic rings. The lowest BCUT2D eigenvalue weighted by molar-refractivity contribution is -0.122. The number of benzene rings is 2. The van der Waals surface area contributed by atoms with Crippen LogP contribution in [-0.4, -0.2) is 70.3 Å². The Balaban J connectivity index is 1.25. The van der Waals surface area contributed by atoms with Gasteiger partial charge in [0.1, 0.15) is 16.9 Å². The number of hydrogen-bond donors (Lipinski definition) is 3. The van der Waals surface area contributed by atoms with Crippen molar-refractivity contribution < 1.29 is 14.4 Å². The van der Waals surface area contributed by atoms with E-state index in [9.17, 15) is 14.4 Å². The molecule has 3 amide bonds. The molecule has 0 aliphatic carbocycles. The molecule has 5 rings (SSSR count). The Morgan fingerprint density at radius 1 is 1.06 bits per heavy atom. The van der Waals surface area contributed by atoms with Crippen LogP contribution in [0, 0.1) is 32.6 Å². The number of anilines is 1. The van der Waals surface area contributed by atoms with E-state index in [-0.39, 0.29) is 37.1 Å². The van der Waals surface area contributed by atoms with Crippen LogP contribution in [0.2, 0.25) is 5.02 Å². The van der Waals surface area contributed by atoms with Crippen LogP contribution in [0.3, 0.4) is 0 Å². The lowest BCUT2D eigenvalue weighted by Crippen LogP contribution is -2.27. The largest absolute Gasteiger partial charge is 0.356 e. The average Bonchev–Trinajstić information content (AvgIpc) is 3.53. The highest BCUT2D eigenvalue weighted by Crippen LogP contribution is 2.39. The van der Waals surface area contributed by atoms with E-state index in [2.05, 4.69) is 46.5 Å². The second-order valence-corrected chi connectivity index (χ2v) is 13.2. The number of aryl methyl sites for hydroxylation is 2. The maximum absolute atomic E-state index is 13.2. The predicted octanol–water partition coefficient (Wildman–Crippen LogP) is 4.74. The van der Waals surface area contributed by atoms with Crippen LogP contribution in [0.1, 0.15) is 74.4 Å². The van der Waals surface area contributed by atoms with Gasteiger partial charge in [-0.2, -0.15) is 0 Å². The molecule has 0 saturated carbocycles. The fourth-order valence-corrected chi connectivity index (χ4v) is 6.72. The number of carbonyl (C=O) groups is 3. The van der Waals surface area contributed by atoms with Crippen molar-refractivity contribution in [3.05, 3.63) is 91.8 Å². The predicted molar refractivity (Wildman–Crippen MR) is 189 cm³/mol. The van der Waals surface area contributed by atoms with E-state index in [0.717, 1.165) is 32.3 Å². The highest BCUT2D eigenvalue weighted by Gasteiger charge is 2.32. The number of thiophene rings is 1. The van der Waals surface area contributed by atoms with Gasteiger partial charge in [-0.25, -0.2) is 0 Å². The molecule has 0 bridgehead atoms. The van der Waals surface area contributed by atoms with Crippen LogP contribution in [0.25, 0.3) is 5.00 Å². The Labute approximate surface area is 288 Å². The number of nitrogens with one attached hydrogen (secondary N) is 2. The molecule has 0 fully saturated rings. The lowest BCUT2D eigenvalue weighted by atomic mass is 9.99. The quantitative estimate of drug-likeness (QED) is 0.172. The molecule has 0 radical (unpaired) electrons. The number of rotatable bonds is 9. The lowest BCUT2D eigenvalue weighted by Gasteiger charge is -2.14. The molecule has 248 valence electrons. The fourth-order valence-electron chi connectivity index (χ4n) is 5.38. The van der Waals surface area contributed by atoms with E-state index < -0.39 is 6.04 Å². The summed E-state index contributed by atoms with van der Waals surface area (Å²) in [6.07, 6.45) is 0.653. The van der Waals surface area contributed by atoms with Gasteiger partial charge in [0.05, 0.1) is 24.2 Å². The number of halogens is 1. The van der Waals surface area contributed by atoms with Crippen LogP contribution in [-0.2, 0) is 9.59 Å². The van der Waals surface area contributed by atoms with Crippen molar-refractivity contribution in [1.82, 2.24) is 25.0 Å². The number of nitrogens with zero attached hydrogens (tertiary/aromatic N) is 5. The normalized spacial score (nSPS) is 13.3. The third-order valence-corrected chi connectivity index (χ3v) is 9.35. The number of carbonyl (C=O) groups excluding carboxylic acids is 3.